The molecular formula is C18H23N5OS. The Labute approximate surface area is 151 Å². The van der Waals surface area contributed by atoms with E-state index in [0.717, 1.165) is 33.9 Å². The van der Waals surface area contributed by atoms with Crippen molar-refractivity contribution in [2.45, 2.75) is 13.3 Å². The third-order valence-electron chi connectivity index (χ3n) is 4.07. The number of amides is 1. The quantitative estimate of drug-likeness (QED) is 0.681. The lowest BCUT2D eigenvalue weighted by Crippen LogP contribution is -2.35. The first-order chi connectivity index (χ1) is 12.0. The van der Waals surface area contributed by atoms with E-state index in [0.29, 0.717) is 12.2 Å². The standard InChI is InChI=1S/C18H23N5OS/c1-13-12-19-22(4)16(13)17(24)23(11-7-10-21(2)3)18-20-14-8-5-6-9-15(14)25-18/h5-6,8-9,12H,7,10-11H2,1-4H3. The van der Waals surface area contributed by atoms with E-state index in [1.165, 1.54) is 0 Å². The number of nitrogens with zero attached hydrogens (tertiary/aromatic N) is 5. The van der Waals surface area contributed by atoms with Gasteiger partial charge in [-0.15, -0.1) is 0 Å². The Morgan fingerprint density at radius 1 is 1.24 bits per heavy atom. The lowest BCUT2D eigenvalue weighted by Gasteiger charge is -2.21. The van der Waals surface area contributed by atoms with Gasteiger partial charge in [-0.1, -0.05) is 23.5 Å². The normalized spacial score (nSPS) is 11.4. The fraction of sp³-hybridized carbons (Fsp3) is 0.389. The van der Waals surface area contributed by atoms with Gasteiger partial charge in [0.1, 0.15) is 5.69 Å². The van der Waals surface area contributed by atoms with Gasteiger partial charge < -0.3 is 4.90 Å². The number of fused-ring (bicyclic) bond motifs is 1. The molecule has 3 rings (SSSR count). The Bertz CT molecular complexity index is 830. The number of carbonyl (C=O) groups is 1. The van der Waals surface area contributed by atoms with E-state index < -0.39 is 0 Å². The molecule has 6 nitrogen and oxygen atoms in total. The number of rotatable bonds is 6. The first-order valence-electron chi connectivity index (χ1n) is 8.28. The van der Waals surface area contributed by atoms with Crippen molar-refractivity contribution in [2.75, 3.05) is 32.1 Å². The smallest absolute Gasteiger partial charge is 0.278 e. The van der Waals surface area contributed by atoms with Crippen molar-refractivity contribution in [3.63, 3.8) is 0 Å². The van der Waals surface area contributed by atoms with Gasteiger partial charge >= 0.3 is 0 Å². The predicted octanol–water partition coefficient (Wildman–Crippen LogP) is 2.94. The largest absolute Gasteiger partial charge is 0.309 e. The fourth-order valence-electron chi connectivity index (χ4n) is 2.79. The van der Waals surface area contributed by atoms with E-state index in [1.54, 1.807) is 34.2 Å². The molecule has 3 aromatic rings. The fourth-order valence-corrected chi connectivity index (χ4v) is 3.78. The molecule has 7 heteroatoms. The first-order valence-corrected chi connectivity index (χ1v) is 9.10. The Morgan fingerprint density at radius 2 is 2.00 bits per heavy atom. The number of hydrogen-bond acceptors (Lipinski definition) is 5. The van der Waals surface area contributed by atoms with E-state index in [9.17, 15) is 4.79 Å². The van der Waals surface area contributed by atoms with Crippen LogP contribution in [-0.4, -0.2) is 52.8 Å². The van der Waals surface area contributed by atoms with Crippen molar-refractivity contribution in [3.8, 4) is 0 Å². The van der Waals surface area contributed by atoms with E-state index >= 15 is 0 Å². The minimum atomic E-state index is -0.0460. The molecule has 132 valence electrons. The Kier molecular flexibility index (Phi) is 5.15. The van der Waals surface area contributed by atoms with Crippen LogP contribution in [0, 0.1) is 6.92 Å². The minimum Gasteiger partial charge on any atom is -0.309 e. The lowest BCUT2D eigenvalue weighted by molar-refractivity contribution is 0.0976. The number of benzene rings is 1. The molecule has 0 unspecified atom stereocenters. The topological polar surface area (TPSA) is 54.3 Å². The van der Waals surface area contributed by atoms with Crippen molar-refractivity contribution >= 4 is 32.6 Å². The zero-order chi connectivity index (χ0) is 18.0. The van der Waals surface area contributed by atoms with Gasteiger partial charge in [0.05, 0.1) is 16.4 Å². The SMILES string of the molecule is Cc1cnn(C)c1C(=O)N(CCCN(C)C)c1nc2ccccc2s1. The van der Waals surface area contributed by atoms with Crippen molar-refractivity contribution in [2.24, 2.45) is 7.05 Å². The average molecular weight is 357 g/mol. The third-order valence-corrected chi connectivity index (χ3v) is 5.13. The number of hydrogen-bond donors (Lipinski definition) is 0. The molecule has 25 heavy (non-hydrogen) atoms. The summed E-state index contributed by atoms with van der Waals surface area (Å²) in [6.45, 7) is 3.46. The molecule has 0 saturated carbocycles. The number of aryl methyl sites for hydroxylation is 2. The van der Waals surface area contributed by atoms with Crippen LogP contribution in [0.25, 0.3) is 10.2 Å². The number of para-hydroxylation sites is 1. The minimum absolute atomic E-state index is 0.0460. The Balaban J connectivity index is 1.95. The second kappa shape index (κ2) is 7.33. The highest BCUT2D eigenvalue weighted by atomic mass is 32.1. The molecule has 0 spiro atoms. The van der Waals surface area contributed by atoms with Crippen LogP contribution in [0.1, 0.15) is 22.5 Å². The molecule has 0 radical (unpaired) electrons. The van der Waals surface area contributed by atoms with Gasteiger partial charge in [-0.2, -0.15) is 5.10 Å². The van der Waals surface area contributed by atoms with Crippen molar-refractivity contribution in [3.05, 3.63) is 41.7 Å². The average Bonchev–Trinajstić information content (AvgIpc) is 3.14. The van der Waals surface area contributed by atoms with Crippen LogP contribution in [0.3, 0.4) is 0 Å². The molecule has 2 heterocycles. The Hall–Kier alpha value is -2.25. The van der Waals surface area contributed by atoms with Crippen LogP contribution in [-0.2, 0) is 7.05 Å². The van der Waals surface area contributed by atoms with Gasteiger partial charge in [-0.25, -0.2) is 4.98 Å². The summed E-state index contributed by atoms with van der Waals surface area (Å²) >= 11 is 1.55. The highest BCUT2D eigenvalue weighted by Crippen LogP contribution is 2.30. The molecule has 0 fully saturated rings. The summed E-state index contributed by atoms with van der Waals surface area (Å²) in [5, 5.41) is 4.95. The summed E-state index contributed by atoms with van der Waals surface area (Å²) in [6.07, 6.45) is 2.61. The summed E-state index contributed by atoms with van der Waals surface area (Å²) in [6, 6.07) is 7.98. The molecule has 0 N–H and O–H groups in total. The summed E-state index contributed by atoms with van der Waals surface area (Å²) in [4.78, 5) is 21.8. The van der Waals surface area contributed by atoms with Gasteiger partial charge in [-0.3, -0.25) is 14.4 Å². The molecule has 2 aromatic heterocycles. The zero-order valence-electron chi connectivity index (χ0n) is 15.1. The second-order valence-corrected chi connectivity index (χ2v) is 7.39. The highest BCUT2D eigenvalue weighted by molar-refractivity contribution is 7.22. The second-order valence-electron chi connectivity index (χ2n) is 6.38. The lowest BCUT2D eigenvalue weighted by atomic mass is 10.2. The maximum Gasteiger partial charge on any atom is 0.278 e. The van der Waals surface area contributed by atoms with Crippen LogP contribution in [0.2, 0.25) is 0 Å². The number of carbonyl (C=O) groups excluding carboxylic acids is 1. The van der Waals surface area contributed by atoms with Crippen molar-refractivity contribution in [1.29, 1.82) is 0 Å². The summed E-state index contributed by atoms with van der Waals surface area (Å²) in [5.74, 6) is -0.0460. The number of aromatic nitrogens is 3. The molecule has 0 bridgehead atoms. The summed E-state index contributed by atoms with van der Waals surface area (Å²) in [7, 11) is 5.88. The van der Waals surface area contributed by atoms with Gasteiger partial charge in [0.2, 0.25) is 0 Å². The maximum atomic E-state index is 13.2. The third kappa shape index (κ3) is 3.72. The molecule has 1 amide bonds. The van der Waals surface area contributed by atoms with E-state index in [2.05, 4.69) is 15.0 Å². The van der Waals surface area contributed by atoms with Gasteiger partial charge in [0, 0.05) is 13.6 Å². The zero-order valence-corrected chi connectivity index (χ0v) is 15.9. The number of thiazole rings is 1. The van der Waals surface area contributed by atoms with Crippen molar-refractivity contribution in [1.82, 2.24) is 19.7 Å². The molecule has 0 aliphatic rings. The summed E-state index contributed by atoms with van der Waals surface area (Å²) in [5.41, 5.74) is 2.42. The molecule has 0 saturated heterocycles. The monoisotopic (exact) mass is 357 g/mol. The van der Waals surface area contributed by atoms with Crippen LogP contribution in [0.15, 0.2) is 30.5 Å². The molecule has 1 aromatic carbocycles. The van der Waals surface area contributed by atoms with Crippen LogP contribution < -0.4 is 4.90 Å². The van der Waals surface area contributed by atoms with E-state index in [4.69, 9.17) is 0 Å². The van der Waals surface area contributed by atoms with Gasteiger partial charge in [0.25, 0.3) is 5.91 Å². The molecule has 0 atom stereocenters. The number of anilines is 1. The highest BCUT2D eigenvalue weighted by Gasteiger charge is 2.25. The van der Waals surface area contributed by atoms with Gasteiger partial charge in [0.15, 0.2) is 5.13 Å². The molecule has 0 aliphatic heterocycles. The Morgan fingerprint density at radius 3 is 2.64 bits per heavy atom. The van der Waals surface area contributed by atoms with Crippen LogP contribution in [0.5, 0.6) is 0 Å². The maximum absolute atomic E-state index is 13.2. The predicted molar refractivity (Wildman–Crippen MR) is 102 cm³/mol. The van der Waals surface area contributed by atoms with Crippen molar-refractivity contribution < 1.29 is 4.79 Å². The summed E-state index contributed by atoms with van der Waals surface area (Å²) < 4.78 is 2.73. The van der Waals surface area contributed by atoms with Crippen LogP contribution in [0.4, 0.5) is 5.13 Å². The first kappa shape index (κ1) is 17.6. The molecule has 0 aliphatic carbocycles. The van der Waals surface area contributed by atoms with Gasteiger partial charge in [-0.05, 0) is 51.7 Å². The molecular weight excluding hydrogens is 334 g/mol. The van der Waals surface area contributed by atoms with E-state index in [1.807, 2.05) is 45.3 Å². The van der Waals surface area contributed by atoms with E-state index in [-0.39, 0.29) is 5.91 Å². The van der Waals surface area contributed by atoms with Crippen LogP contribution >= 0.6 is 11.3 Å².